The summed E-state index contributed by atoms with van der Waals surface area (Å²) in [4.78, 5) is 12.8. The highest BCUT2D eigenvalue weighted by molar-refractivity contribution is 6.00. The zero-order valence-electron chi connectivity index (χ0n) is 11.7. The molecule has 0 N–H and O–H groups in total. The number of rotatable bonds is 1. The topological polar surface area (TPSA) is 39.4 Å². The van der Waals surface area contributed by atoms with E-state index in [9.17, 15) is 9.18 Å². The van der Waals surface area contributed by atoms with Crippen LogP contribution in [0.3, 0.4) is 0 Å². The van der Waals surface area contributed by atoms with Crippen molar-refractivity contribution in [3.8, 4) is 5.75 Å². The molecule has 0 saturated carbocycles. The summed E-state index contributed by atoms with van der Waals surface area (Å²) in [6.45, 7) is 0. The van der Waals surface area contributed by atoms with Gasteiger partial charge in [0.2, 0.25) is 5.43 Å². The lowest BCUT2D eigenvalue weighted by molar-refractivity contribution is 0.419. The standard InChI is InChI=1S/C18H11FO3/c1-21-14-6-3-7-15-17(14)18(20)12-9-11-10(8-16(12)22-15)4-2-5-13(11)19/h2-9H,1H3. The SMILES string of the molecule is COc1cccc2oc3cc4cccc(F)c4cc3c(=O)c12. The van der Waals surface area contributed by atoms with Gasteiger partial charge in [0.1, 0.15) is 28.1 Å². The monoisotopic (exact) mass is 294 g/mol. The zero-order valence-corrected chi connectivity index (χ0v) is 11.7. The number of hydrogen-bond donors (Lipinski definition) is 0. The lowest BCUT2D eigenvalue weighted by Crippen LogP contribution is -2.04. The molecule has 0 radical (unpaired) electrons. The summed E-state index contributed by atoms with van der Waals surface area (Å²) in [6.07, 6.45) is 0. The number of ether oxygens (including phenoxy) is 1. The first-order valence-corrected chi connectivity index (χ1v) is 6.81. The molecule has 1 aromatic heterocycles. The largest absolute Gasteiger partial charge is 0.496 e. The molecule has 0 aliphatic carbocycles. The summed E-state index contributed by atoms with van der Waals surface area (Å²) in [5, 5.41) is 1.80. The van der Waals surface area contributed by atoms with Crippen molar-refractivity contribution in [3.63, 3.8) is 0 Å². The van der Waals surface area contributed by atoms with Crippen LogP contribution in [0.2, 0.25) is 0 Å². The van der Waals surface area contributed by atoms with E-state index in [-0.39, 0.29) is 11.2 Å². The van der Waals surface area contributed by atoms with Crippen molar-refractivity contribution in [3.05, 3.63) is 64.6 Å². The minimum Gasteiger partial charge on any atom is -0.496 e. The summed E-state index contributed by atoms with van der Waals surface area (Å²) in [5.74, 6) is 0.0840. The van der Waals surface area contributed by atoms with Crippen molar-refractivity contribution < 1.29 is 13.5 Å². The average Bonchev–Trinajstić information content (AvgIpc) is 2.53. The van der Waals surface area contributed by atoms with E-state index >= 15 is 0 Å². The van der Waals surface area contributed by atoms with Crippen molar-refractivity contribution in [1.29, 1.82) is 0 Å². The van der Waals surface area contributed by atoms with E-state index in [0.717, 1.165) is 0 Å². The highest BCUT2D eigenvalue weighted by Gasteiger charge is 2.13. The van der Waals surface area contributed by atoms with Gasteiger partial charge in [0, 0.05) is 5.39 Å². The predicted octanol–water partition coefficient (Wildman–Crippen LogP) is 4.25. The van der Waals surface area contributed by atoms with Gasteiger partial charge in [-0.1, -0.05) is 18.2 Å². The number of benzene rings is 3. The van der Waals surface area contributed by atoms with Gasteiger partial charge in [0.25, 0.3) is 0 Å². The quantitative estimate of drug-likeness (QED) is 0.493. The van der Waals surface area contributed by atoms with Crippen LogP contribution in [0, 0.1) is 5.82 Å². The molecule has 0 unspecified atom stereocenters. The van der Waals surface area contributed by atoms with Crippen molar-refractivity contribution in [2.75, 3.05) is 7.11 Å². The third-order valence-corrected chi connectivity index (χ3v) is 3.83. The van der Waals surface area contributed by atoms with E-state index in [1.54, 1.807) is 36.4 Å². The fourth-order valence-electron chi connectivity index (χ4n) is 2.77. The molecule has 108 valence electrons. The Kier molecular flexibility index (Phi) is 2.66. The summed E-state index contributed by atoms with van der Waals surface area (Å²) >= 11 is 0. The van der Waals surface area contributed by atoms with Gasteiger partial charge in [-0.3, -0.25) is 4.79 Å². The molecule has 0 fully saturated rings. The fourth-order valence-corrected chi connectivity index (χ4v) is 2.77. The summed E-state index contributed by atoms with van der Waals surface area (Å²) in [6, 6.07) is 13.2. The Morgan fingerprint density at radius 2 is 1.82 bits per heavy atom. The molecule has 0 atom stereocenters. The van der Waals surface area contributed by atoms with Gasteiger partial charge in [-0.05, 0) is 35.7 Å². The summed E-state index contributed by atoms with van der Waals surface area (Å²) < 4.78 is 25.0. The third-order valence-electron chi connectivity index (χ3n) is 3.83. The minimum atomic E-state index is -0.362. The van der Waals surface area contributed by atoms with Crippen LogP contribution in [0.5, 0.6) is 5.75 Å². The Morgan fingerprint density at radius 1 is 1.00 bits per heavy atom. The van der Waals surface area contributed by atoms with Gasteiger partial charge in [-0.25, -0.2) is 4.39 Å². The Labute approximate surface area is 124 Å². The van der Waals surface area contributed by atoms with Gasteiger partial charge >= 0.3 is 0 Å². The summed E-state index contributed by atoms with van der Waals surface area (Å²) in [5.41, 5.74) is 0.662. The first-order valence-electron chi connectivity index (χ1n) is 6.81. The Balaban J connectivity index is 2.26. The van der Waals surface area contributed by atoms with Crippen LogP contribution in [0.25, 0.3) is 32.7 Å². The van der Waals surface area contributed by atoms with Crippen LogP contribution in [0.4, 0.5) is 4.39 Å². The van der Waals surface area contributed by atoms with Gasteiger partial charge in [-0.15, -0.1) is 0 Å². The number of halogens is 1. The minimum absolute atomic E-state index is 0.223. The van der Waals surface area contributed by atoms with Crippen LogP contribution in [-0.4, -0.2) is 7.11 Å². The van der Waals surface area contributed by atoms with E-state index in [1.165, 1.54) is 19.2 Å². The second-order valence-electron chi connectivity index (χ2n) is 5.07. The molecule has 0 saturated heterocycles. The highest BCUT2D eigenvalue weighted by Crippen LogP contribution is 2.29. The molecule has 0 aliphatic rings. The number of methoxy groups -OCH3 is 1. The Morgan fingerprint density at radius 3 is 2.64 bits per heavy atom. The van der Waals surface area contributed by atoms with Crippen molar-refractivity contribution in [2.24, 2.45) is 0 Å². The van der Waals surface area contributed by atoms with Gasteiger partial charge < -0.3 is 9.15 Å². The predicted molar refractivity (Wildman–Crippen MR) is 84.0 cm³/mol. The van der Waals surface area contributed by atoms with E-state index in [1.807, 2.05) is 0 Å². The first kappa shape index (κ1) is 12.8. The molecule has 4 aromatic rings. The lowest BCUT2D eigenvalue weighted by atomic mass is 10.1. The molecule has 3 nitrogen and oxygen atoms in total. The molecule has 0 bridgehead atoms. The average molecular weight is 294 g/mol. The van der Waals surface area contributed by atoms with Gasteiger partial charge in [0.05, 0.1) is 12.5 Å². The second kappa shape index (κ2) is 4.56. The maximum absolute atomic E-state index is 13.9. The number of fused-ring (bicyclic) bond motifs is 3. The zero-order chi connectivity index (χ0) is 15.3. The van der Waals surface area contributed by atoms with E-state index < -0.39 is 0 Å². The maximum atomic E-state index is 13.9. The van der Waals surface area contributed by atoms with Crippen LogP contribution >= 0.6 is 0 Å². The molecular formula is C18H11FO3. The third kappa shape index (κ3) is 1.70. The second-order valence-corrected chi connectivity index (χ2v) is 5.07. The molecule has 3 aromatic carbocycles. The first-order chi connectivity index (χ1) is 10.7. The van der Waals surface area contributed by atoms with Crippen molar-refractivity contribution in [1.82, 2.24) is 0 Å². The molecule has 4 heteroatoms. The Bertz CT molecular complexity index is 1100. The smallest absolute Gasteiger partial charge is 0.204 e. The van der Waals surface area contributed by atoms with E-state index in [4.69, 9.17) is 9.15 Å². The molecule has 22 heavy (non-hydrogen) atoms. The van der Waals surface area contributed by atoms with Crippen molar-refractivity contribution >= 4 is 32.7 Å². The molecule has 4 rings (SSSR count). The van der Waals surface area contributed by atoms with Crippen LogP contribution in [0.1, 0.15) is 0 Å². The molecule has 1 heterocycles. The number of hydrogen-bond acceptors (Lipinski definition) is 3. The van der Waals surface area contributed by atoms with E-state index in [0.29, 0.717) is 38.5 Å². The van der Waals surface area contributed by atoms with Gasteiger partial charge in [0.15, 0.2) is 0 Å². The van der Waals surface area contributed by atoms with Crippen LogP contribution in [-0.2, 0) is 0 Å². The van der Waals surface area contributed by atoms with Crippen molar-refractivity contribution in [2.45, 2.75) is 0 Å². The van der Waals surface area contributed by atoms with Gasteiger partial charge in [-0.2, -0.15) is 0 Å². The normalized spacial score (nSPS) is 11.4. The van der Waals surface area contributed by atoms with Crippen LogP contribution < -0.4 is 10.2 Å². The molecule has 0 amide bonds. The Hall–Kier alpha value is -2.88. The fraction of sp³-hybridized carbons (Fsp3) is 0.0556. The molecule has 0 aliphatic heterocycles. The van der Waals surface area contributed by atoms with E-state index in [2.05, 4.69) is 0 Å². The molecular weight excluding hydrogens is 283 g/mol. The summed E-state index contributed by atoms with van der Waals surface area (Å²) in [7, 11) is 1.50. The highest BCUT2D eigenvalue weighted by atomic mass is 19.1. The molecule has 0 spiro atoms. The lowest BCUT2D eigenvalue weighted by Gasteiger charge is -2.07. The maximum Gasteiger partial charge on any atom is 0.204 e. The van der Waals surface area contributed by atoms with Crippen LogP contribution in [0.15, 0.2) is 57.7 Å².